The molecule has 0 unspecified atom stereocenters. The van der Waals surface area contributed by atoms with Crippen LogP contribution in [-0.4, -0.2) is 30.5 Å². The monoisotopic (exact) mass is 323 g/mol. The molecule has 1 amide bonds. The second-order valence-corrected chi connectivity index (χ2v) is 5.65. The SMILES string of the molecule is CCN(CCOc1ccccc1C)C(=O)c1cc2ccccc2o1. The Balaban J connectivity index is 1.65. The Bertz CT molecular complexity index is 805. The zero-order valence-electron chi connectivity index (χ0n) is 14.0. The summed E-state index contributed by atoms with van der Waals surface area (Å²) in [7, 11) is 0. The van der Waals surface area contributed by atoms with Crippen LogP contribution in [0.15, 0.2) is 59.0 Å². The number of hydrogen-bond donors (Lipinski definition) is 0. The van der Waals surface area contributed by atoms with E-state index in [9.17, 15) is 4.79 Å². The smallest absolute Gasteiger partial charge is 0.289 e. The topological polar surface area (TPSA) is 42.7 Å². The van der Waals surface area contributed by atoms with Crippen molar-refractivity contribution in [3.8, 4) is 5.75 Å². The van der Waals surface area contributed by atoms with Gasteiger partial charge in [-0.3, -0.25) is 4.79 Å². The van der Waals surface area contributed by atoms with E-state index >= 15 is 0 Å². The van der Waals surface area contributed by atoms with Crippen molar-refractivity contribution in [3.05, 3.63) is 65.9 Å². The number of fused-ring (bicyclic) bond motifs is 1. The minimum absolute atomic E-state index is 0.109. The lowest BCUT2D eigenvalue weighted by Crippen LogP contribution is -2.34. The number of amides is 1. The molecule has 0 N–H and O–H groups in total. The third kappa shape index (κ3) is 3.43. The quantitative estimate of drug-likeness (QED) is 0.680. The highest BCUT2D eigenvalue weighted by molar-refractivity contribution is 5.96. The van der Waals surface area contributed by atoms with Gasteiger partial charge in [-0.1, -0.05) is 36.4 Å². The first-order valence-electron chi connectivity index (χ1n) is 8.15. The number of likely N-dealkylation sites (N-methyl/N-ethyl adjacent to an activating group) is 1. The van der Waals surface area contributed by atoms with E-state index in [0.29, 0.717) is 25.5 Å². The van der Waals surface area contributed by atoms with E-state index in [4.69, 9.17) is 9.15 Å². The highest BCUT2D eigenvalue weighted by Crippen LogP contribution is 2.20. The molecule has 0 fully saturated rings. The van der Waals surface area contributed by atoms with Crippen molar-refractivity contribution in [2.75, 3.05) is 19.7 Å². The first-order chi connectivity index (χ1) is 11.7. The van der Waals surface area contributed by atoms with Gasteiger partial charge in [0.15, 0.2) is 5.76 Å². The number of hydrogen-bond acceptors (Lipinski definition) is 3. The third-order valence-corrected chi connectivity index (χ3v) is 4.02. The minimum atomic E-state index is -0.109. The van der Waals surface area contributed by atoms with Gasteiger partial charge in [-0.2, -0.15) is 0 Å². The molecule has 0 saturated heterocycles. The van der Waals surface area contributed by atoms with Crippen molar-refractivity contribution in [1.82, 2.24) is 4.90 Å². The van der Waals surface area contributed by atoms with E-state index in [1.54, 1.807) is 11.0 Å². The van der Waals surface area contributed by atoms with Gasteiger partial charge >= 0.3 is 0 Å². The molecule has 2 aromatic carbocycles. The predicted molar refractivity (Wildman–Crippen MR) is 94.5 cm³/mol. The lowest BCUT2D eigenvalue weighted by molar-refractivity contribution is 0.0710. The number of carbonyl (C=O) groups is 1. The van der Waals surface area contributed by atoms with Crippen LogP contribution in [0.1, 0.15) is 23.0 Å². The van der Waals surface area contributed by atoms with Crippen LogP contribution in [-0.2, 0) is 0 Å². The summed E-state index contributed by atoms with van der Waals surface area (Å²) in [5.41, 5.74) is 1.82. The molecule has 3 rings (SSSR count). The predicted octanol–water partition coefficient (Wildman–Crippen LogP) is 4.28. The molecule has 0 spiro atoms. The number of rotatable bonds is 6. The van der Waals surface area contributed by atoms with Crippen LogP contribution in [0.3, 0.4) is 0 Å². The average molecular weight is 323 g/mol. The van der Waals surface area contributed by atoms with E-state index in [0.717, 1.165) is 22.3 Å². The summed E-state index contributed by atoms with van der Waals surface area (Å²) in [6.07, 6.45) is 0. The molecular weight excluding hydrogens is 302 g/mol. The molecule has 1 heterocycles. The van der Waals surface area contributed by atoms with Crippen molar-refractivity contribution in [3.63, 3.8) is 0 Å². The fraction of sp³-hybridized carbons (Fsp3) is 0.250. The molecule has 0 bridgehead atoms. The standard InChI is InChI=1S/C20H21NO3/c1-3-21(12-13-23-17-10-6-4-8-15(17)2)20(22)19-14-16-9-5-7-11-18(16)24-19/h4-11,14H,3,12-13H2,1-2H3. The number of aryl methyl sites for hydroxylation is 1. The summed E-state index contributed by atoms with van der Waals surface area (Å²) >= 11 is 0. The second kappa shape index (κ2) is 7.21. The Morgan fingerprint density at radius 3 is 2.62 bits per heavy atom. The fourth-order valence-corrected chi connectivity index (χ4v) is 2.63. The van der Waals surface area contributed by atoms with Gasteiger partial charge in [0.05, 0.1) is 6.54 Å². The third-order valence-electron chi connectivity index (χ3n) is 4.02. The lowest BCUT2D eigenvalue weighted by atomic mass is 10.2. The molecule has 0 aliphatic rings. The first kappa shape index (κ1) is 16.1. The Morgan fingerprint density at radius 1 is 1.12 bits per heavy atom. The lowest BCUT2D eigenvalue weighted by Gasteiger charge is -2.20. The van der Waals surface area contributed by atoms with Crippen LogP contribution in [0, 0.1) is 6.92 Å². The highest BCUT2D eigenvalue weighted by Gasteiger charge is 2.18. The number of benzene rings is 2. The van der Waals surface area contributed by atoms with Gasteiger partial charge < -0.3 is 14.1 Å². The summed E-state index contributed by atoms with van der Waals surface area (Å²) in [6.45, 7) is 5.53. The summed E-state index contributed by atoms with van der Waals surface area (Å²) in [5.74, 6) is 1.11. The van der Waals surface area contributed by atoms with Gasteiger partial charge in [-0.05, 0) is 37.6 Å². The van der Waals surface area contributed by atoms with Gasteiger partial charge in [0.1, 0.15) is 17.9 Å². The van der Waals surface area contributed by atoms with Crippen LogP contribution in [0.25, 0.3) is 11.0 Å². The zero-order chi connectivity index (χ0) is 16.9. The molecule has 4 nitrogen and oxygen atoms in total. The molecule has 0 radical (unpaired) electrons. The van der Waals surface area contributed by atoms with E-state index in [1.807, 2.05) is 62.4 Å². The molecule has 124 valence electrons. The van der Waals surface area contributed by atoms with Gasteiger partial charge in [-0.25, -0.2) is 0 Å². The van der Waals surface area contributed by atoms with Crippen LogP contribution < -0.4 is 4.74 Å². The Hall–Kier alpha value is -2.75. The van der Waals surface area contributed by atoms with Gasteiger partial charge in [0.2, 0.25) is 0 Å². The van der Waals surface area contributed by atoms with E-state index in [-0.39, 0.29) is 5.91 Å². The summed E-state index contributed by atoms with van der Waals surface area (Å²) in [6, 6.07) is 17.3. The van der Waals surface area contributed by atoms with E-state index in [1.165, 1.54) is 0 Å². The van der Waals surface area contributed by atoms with Gasteiger partial charge in [-0.15, -0.1) is 0 Å². The minimum Gasteiger partial charge on any atom is -0.491 e. The van der Waals surface area contributed by atoms with Crippen LogP contribution in [0.4, 0.5) is 0 Å². The molecule has 0 aliphatic heterocycles. The molecule has 0 aliphatic carbocycles. The molecule has 0 saturated carbocycles. The van der Waals surface area contributed by atoms with Gasteiger partial charge in [0, 0.05) is 11.9 Å². The summed E-state index contributed by atoms with van der Waals surface area (Å²) in [5, 5.41) is 0.938. The van der Waals surface area contributed by atoms with Crippen molar-refractivity contribution >= 4 is 16.9 Å². The first-order valence-corrected chi connectivity index (χ1v) is 8.15. The van der Waals surface area contributed by atoms with E-state index < -0.39 is 0 Å². The number of ether oxygens (including phenoxy) is 1. The number of nitrogens with zero attached hydrogens (tertiary/aromatic N) is 1. The maximum absolute atomic E-state index is 12.6. The maximum atomic E-state index is 12.6. The van der Waals surface area contributed by atoms with Crippen molar-refractivity contribution in [1.29, 1.82) is 0 Å². The molecule has 1 aromatic heterocycles. The maximum Gasteiger partial charge on any atom is 0.289 e. The molecule has 24 heavy (non-hydrogen) atoms. The number of furan rings is 1. The fourth-order valence-electron chi connectivity index (χ4n) is 2.63. The summed E-state index contributed by atoms with van der Waals surface area (Å²) in [4.78, 5) is 14.4. The Kier molecular flexibility index (Phi) is 4.85. The number of para-hydroxylation sites is 2. The van der Waals surface area contributed by atoms with Crippen molar-refractivity contribution in [2.45, 2.75) is 13.8 Å². The van der Waals surface area contributed by atoms with Crippen molar-refractivity contribution < 1.29 is 13.9 Å². The van der Waals surface area contributed by atoms with E-state index in [2.05, 4.69) is 0 Å². The highest BCUT2D eigenvalue weighted by atomic mass is 16.5. The second-order valence-electron chi connectivity index (χ2n) is 5.65. The average Bonchev–Trinajstić information content (AvgIpc) is 3.04. The summed E-state index contributed by atoms with van der Waals surface area (Å²) < 4.78 is 11.5. The van der Waals surface area contributed by atoms with Crippen LogP contribution >= 0.6 is 0 Å². The molecule has 4 heteroatoms. The zero-order valence-corrected chi connectivity index (χ0v) is 14.0. The normalized spacial score (nSPS) is 10.8. The molecule has 3 aromatic rings. The van der Waals surface area contributed by atoms with Gasteiger partial charge in [0.25, 0.3) is 5.91 Å². The van der Waals surface area contributed by atoms with Crippen molar-refractivity contribution in [2.24, 2.45) is 0 Å². The number of carbonyl (C=O) groups excluding carboxylic acids is 1. The molecule has 0 atom stereocenters. The largest absolute Gasteiger partial charge is 0.491 e. The van der Waals surface area contributed by atoms with Crippen LogP contribution in [0.5, 0.6) is 5.75 Å². The molecular formula is C20H21NO3. The van der Waals surface area contributed by atoms with Crippen LogP contribution in [0.2, 0.25) is 0 Å². The Labute approximate surface area is 141 Å². The Morgan fingerprint density at radius 2 is 1.88 bits per heavy atom.